The lowest BCUT2D eigenvalue weighted by Crippen LogP contribution is -2.28. The van der Waals surface area contributed by atoms with Gasteiger partial charge in [0.1, 0.15) is 5.69 Å². The molecule has 1 atom stereocenters. The lowest BCUT2D eigenvalue weighted by molar-refractivity contribution is 0.0951. The van der Waals surface area contributed by atoms with E-state index in [-0.39, 0.29) is 5.91 Å². The Balaban J connectivity index is 2.44. The first-order valence-electron chi connectivity index (χ1n) is 5.45. The molecule has 17 heavy (non-hydrogen) atoms. The third-order valence-corrected chi connectivity index (χ3v) is 3.53. The summed E-state index contributed by atoms with van der Waals surface area (Å²) in [6.07, 6.45) is 1.58. The minimum absolute atomic E-state index is 0.248. The molecule has 1 amide bonds. The molecule has 0 aliphatic carbocycles. The second-order valence-corrected chi connectivity index (χ2v) is 5.31. The number of carbonyl (C=O) groups excluding carboxylic acids is 1. The fourth-order valence-corrected chi connectivity index (χ4v) is 1.81. The van der Waals surface area contributed by atoms with Crippen LogP contribution in [0.15, 0.2) is 18.3 Å². The number of hydrogen-bond acceptors (Lipinski definition) is 4. The molecule has 5 nitrogen and oxygen atoms in total. The molecule has 0 fully saturated rings. The molecule has 0 aliphatic rings. The van der Waals surface area contributed by atoms with Crippen molar-refractivity contribution in [2.75, 3.05) is 18.1 Å². The molecule has 0 saturated carbocycles. The Kier molecular flexibility index (Phi) is 5.79. The van der Waals surface area contributed by atoms with E-state index in [1.54, 1.807) is 18.3 Å². The van der Waals surface area contributed by atoms with Gasteiger partial charge in [0.05, 0.1) is 0 Å². The average Bonchev–Trinajstić information content (AvgIpc) is 2.38. The molecule has 0 radical (unpaired) electrons. The second-order valence-electron chi connectivity index (χ2n) is 3.44. The zero-order valence-corrected chi connectivity index (χ0v) is 10.6. The highest BCUT2D eigenvalue weighted by molar-refractivity contribution is 7.84. The fourth-order valence-electron chi connectivity index (χ4n) is 1.19. The number of rotatable bonds is 6. The zero-order valence-electron chi connectivity index (χ0n) is 9.81. The minimum Gasteiger partial charge on any atom is -0.350 e. The summed E-state index contributed by atoms with van der Waals surface area (Å²) in [5, 5.41) is 2.68. The molecule has 1 rings (SSSR count). The van der Waals surface area contributed by atoms with Crippen LogP contribution in [0.4, 0.5) is 0 Å². The highest BCUT2D eigenvalue weighted by Crippen LogP contribution is 1.99. The van der Waals surface area contributed by atoms with E-state index in [2.05, 4.69) is 10.3 Å². The van der Waals surface area contributed by atoms with Gasteiger partial charge in [-0.05, 0) is 11.6 Å². The van der Waals surface area contributed by atoms with Crippen molar-refractivity contribution in [3.8, 4) is 0 Å². The Bertz CT molecular complexity index is 392. The minimum atomic E-state index is -0.857. The lowest BCUT2D eigenvalue weighted by Gasteiger charge is -2.04. The van der Waals surface area contributed by atoms with Gasteiger partial charge in [-0.25, -0.2) is 0 Å². The maximum atomic E-state index is 11.6. The van der Waals surface area contributed by atoms with Gasteiger partial charge in [0.2, 0.25) is 0 Å². The van der Waals surface area contributed by atoms with Gasteiger partial charge in [-0.3, -0.25) is 14.0 Å². The lowest BCUT2D eigenvalue weighted by atomic mass is 10.2. The first-order chi connectivity index (χ1) is 8.17. The molecule has 1 aromatic heterocycles. The Morgan fingerprint density at radius 3 is 2.82 bits per heavy atom. The third kappa shape index (κ3) is 4.62. The molecule has 0 spiro atoms. The number of carbonyl (C=O) groups is 1. The van der Waals surface area contributed by atoms with Crippen LogP contribution in [0.2, 0.25) is 0 Å². The summed E-state index contributed by atoms with van der Waals surface area (Å²) in [6, 6.07) is 3.40. The fraction of sp³-hybridized carbons (Fsp3) is 0.455. The van der Waals surface area contributed by atoms with Crippen LogP contribution < -0.4 is 11.1 Å². The van der Waals surface area contributed by atoms with Crippen LogP contribution in [0.25, 0.3) is 0 Å². The molecule has 0 aromatic carbocycles. The molecular formula is C11H17N3O2S. The molecule has 1 unspecified atom stereocenters. The van der Waals surface area contributed by atoms with Gasteiger partial charge in [0.15, 0.2) is 0 Å². The van der Waals surface area contributed by atoms with Crippen molar-refractivity contribution in [3.63, 3.8) is 0 Å². The summed E-state index contributed by atoms with van der Waals surface area (Å²) in [5.74, 6) is 0.837. The molecule has 0 aliphatic heterocycles. The summed E-state index contributed by atoms with van der Waals surface area (Å²) in [7, 11) is -0.857. The first kappa shape index (κ1) is 13.8. The second kappa shape index (κ2) is 7.13. The van der Waals surface area contributed by atoms with Gasteiger partial charge in [-0.15, -0.1) is 0 Å². The van der Waals surface area contributed by atoms with E-state index in [9.17, 15) is 9.00 Å². The van der Waals surface area contributed by atoms with Crippen LogP contribution >= 0.6 is 0 Å². The Morgan fingerprint density at radius 1 is 1.53 bits per heavy atom. The van der Waals surface area contributed by atoms with Crippen molar-refractivity contribution in [1.29, 1.82) is 0 Å². The third-order valence-electron chi connectivity index (χ3n) is 2.23. The van der Waals surface area contributed by atoms with Crippen molar-refractivity contribution < 1.29 is 9.00 Å². The zero-order chi connectivity index (χ0) is 12.7. The normalized spacial score (nSPS) is 12.1. The molecule has 0 saturated heterocycles. The summed E-state index contributed by atoms with van der Waals surface area (Å²) in [6.45, 7) is 2.66. The van der Waals surface area contributed by atoms with E-state index in [0.717, 1.165) is 5.56 Å². The van der Waals surface area contributed by atoms with Crippen LogP contribution in [0.1, 0.15) is 23.0 Å². The monoisotopic (exact) mass is 255 g/mol. The Labute approximate surface area is 103 Å². The van der Waals surface area contributed by atoms with E-state index in [4.69, 9.17) is 5.73 Å². The van der Waals surface area contributed by atoms with Crippen molar-refractivity contribution in [3.05, 3.63) is 29.6 Å². The Morgan fingerprint density at radius 2 is 2.29 bits per heavy atom. The number of aromatic nitrogens is 1. The summed E-state index contributed by atoms with van der Waals surface area (Å²) in [5.41, 5.74) is 6.66. The largest absolute Gasteiger partial charge is 0.350 e. The van der Waals surface area contributed by atoms with Crippen LogP contribution in [0, 0.1) is 0 Å². The molecule has 1 heterocycles. The SMILES string of the molecule is CCS(=O)CCNC(=O)c1ccc(CN)cn1. The smallest absolute Gasteiger partial charge is 0.269 e. The molecule has 94 valence electrons. The number of pyridine rings is 1. The maximum Gasteiger partial charge on any atom is 0.269 e. The molecular weight excluding hydrogens is 238 g/mol. The summed E-state index contributed by atoms with van der Waals surface area (Å²) in [4.78, 5) is 15.6. The van der Waals surface area contributed by atoms with E-state index in [1.807, 2.05) is 6.92 Å². The molecule has 0 bridgehead atoms. The maximum absolute atomic E-state index is 11.6. The topological polar surface area (TPSA) is 85.1 Å². The van der Waals surface area contributed by atoms with Gasteiger partial charge in [-0.2, -0.15) is 0 Å². The van der Waals surface area contributed by atoms with E-state index >= 15 is 0 Å². The van der Waals surface area contributed by atoms with E-state index < -0.39 is 10.8 Å². The van der Waals surface area contributed by atoms with Crippen molar-refractivity contribution >= 4 is 16.7 Å². The van der Waals surface area contributed by atoms with Gasteiger partial charge in [0.25, 0.3) is 5.91 Å². The number of nitrogens with two attached hydrogens (primary N) is 1. The summed E-state index contributed by atoms with van der Waals surface area (Å²) >= 11 is 0. The Hall–Kier alpha value is -1.27. The van der Waals surface area contributed by atoms with Crippen LogP contribution in [0.3, 0.4) is 0 Å². The number of hydrogen-bond donors (Lipinski definition) is 2. The van der Waals surface area contributed by atoms with Crippen LogP contribution in [-0.2, 0) is 17.3 Å². The molecule has 6 heteroatoms. The predicted molar refractivity (Wildman–Crippen MR) is 68.0 cm³/mol. The van der Waals surface area contributed by atoms with Gasteiger partial charge < -0.3 is 11.1 Å². The number of nitrogens with one attached hydrogen (secondary N) is 1. The van der Waals surface area contributed by atoms with Crippen LogP contribution in [-0.4, -0.2) is 33.2 Å². The van der Waals surface area contributed by atoms with Crippen molar-refractivity contribution in [2.45, 2.75) is 13.5 Å². The highest BCUT2D eigenvalue weighted by Gasteiger charge is 2.06. The number of nitrogens with zero attached hydrogens (tertiary/aromatic N) is 1. The highest BCUT2D eigenvalue weighted by atomic mass is 32.2. The standard InChI is InChI=1S/C11H17N3O2S/c1-2-17(16)6-5-13-11(15)10-4-3-9(7-12)8-14-10/h3-4,8H,2,5-7,12H2,1H3,(H,13,15). The average molecular weight is 255 g/mol. The molecule has 1 aromatic rings. The number of amides is 1. The van der Waals surface area contributed by atoms with Crippen LogP contribution in [0.5, 0.6) is 0 Å². The van der Waals surface area contributed by atoms with Crippen molar-refractivity contribution in [1.82, 2.24) is 10.3 Å². The predicted octanol–water partition coefficient (Wildman–Crippen LogP) is 0.0387. The van der Waals surface area contributed by atoms with Gasteiger partial charge in [-0.1, -0.05) is 13.0 Å². The molecule has 3 N–H and O–H groups in total. The van der Waals surface area contributed by atoms with Crippen molar-refractivity contribution in [2.24, 2.45) is 5.73 Å². The first-order valence-corrected chi connectivity index (χ1v) is 6.94. The van der Waals surface area contributed by atoms with Gasteiger partial charge >= 0.3 is 0 Å². The van der Waals surface area contributed by atoms with E-state index in [1.165, 1.54) is 0 Å². The van der Waals surface area contributed by atoms with E-state index in [0.29, 0.717) is 30.3 Å². The van der Waals surface area contributed by atoms with Gasteiger partial charge in [0, 0.05) is 41.6 Å². The summed E-state index contributed by atoms with van der Waals surface area (Å²) < 4.78 is 11.1. The quantitative estimate of drug-likeness (QED) is 0.751.